The second-order valence-electron chi connectivity index (χ2n) is 4.87. The summed E-state index contributed by atoms with van der Waals surface area (Å²) >= 11 is 0. The predicted octanol–water partition coefficient (Wildman–Crippen LogP) is 3.85. The molecule has 0 radical (unpaired) electrons. The third kappa shape index (κ3) is 4.42. The topological polar surface area (TPSA) is 46.2 Å². The van der Waals surface area contributed by atoms with Gasteiger partial charge in [-0.1, -0.05) is 48.0 Å². The fourth-order valence-corrected chi connectivity index (χ4v) is 1.87. The van der Waals surface area contributed by atoms with Crippen molar-refractivity contribution in [3.8, 4) is 0 Å². The quantitative estimate of drug-likeness (QED) is 0.682. The van der Waals surface area contributed by atoms with E-state index < -0.39 is 0 Å². The van der Waals surface area contributed by atoms with E-state index in [1.807, 2.05) is 43.3 Å². The van der Waals surface area contributed by atoms with E-state index >= 15 is 0 Å². The number of allylic oxidation sites excluding steroid dienone is 1. The molecule has 3 heteroatoms. The molecule has 0 aliphatic heterocycles. The van der Waals surface area contributed by atoms with Gasteiger partial charge >= 0.3 is 0 Å². The number of amides is 1. The Labute approximate surface area is 124 Å². The van der Waals surface area contributed by atoms with Crippen LogP contribution in [0.4, 0.5) is 5.69 Å². The van der Waals surface area contributed by atoms with Crippen molar-refractivity contribution in [3.63, 3.8) is 0 Å². The second kappa shape index (κ2) is 6.66. The van der Waals surface area contributed by atoms with Gasteiger partial charge in [0.1, 0.15) is 0 Å². The van der Waals surface area contributed by atoms with Gasteiger partial charge in [0.15, 0.2) is 5.78 Å². The molecule has 1 amide bonds. The van der Waals surface area contributed by atoms with Crippen molar-refractivity contribution < 1.29 is 9.59 Å². The summed E-state index contributed by atoms with van der Waals surface area (Å²) in [5.74, 6) is -0.131. The molecule has 0 saturated heterocycles. The molecule has 0 unspecified atom stereocenters. The molecule has 3 nitrogen and oxygen atoms in total. The normalized spacial score (nSPS) is 10.6. The number of anilines is 1. The van der Waals surface area contributed by atoms with Crippen molar-refractivity contribution >= 4 is 23.5 Å². The van der Waals surface area contributed by atoms with Gasteiger partial charge in [0, 0.05) is 18.2 Å². The molecule has 0 bridgehead atoms. The predicted molar refractivity (Wildman–Crippen MR) is 85.3 cm³/mol. The molecular formula is C18H17NO2. The molecule has 0 spiro atoms. The fourth-order valence-electron chi connectivity index (χ4n) is 1.87. The van der Waals surface area contributed by atoms with Crippen molar-refractivity contribution in [1.82, 2.24) is 0 Å². The number of rotatable bonds is 4. The highest BCUT2D eigenvalue weighted by molar-refractivity contribution is 6.06. The zero-order valence-electron chi connectivity index (χ0n) is 12.1. The highest BCUT2D eigenvalue weighted by Crippen LogP contribution is 2.12. The van der Waals surface area contributed by atoms with Gasteiger partial charge in [-0.25, -0.2) is 0 Å². The van der Waals surface area contributed by atoms with E-state index in [9.17, 15) is 9.59 Å². The molecule has 2 aromatic carbocycles. The molecular weight excluding hydrogens is 262 g/mol. The summed E-state index contributed by atoms with van der Waals surface area (Å²) in [6.45, 7) is 3.45. The van der Waals surface area contributed by atoms with Gasteiger partial charge in [-0.3, -0.25) is 9.59 Å². The van der Waals surface area contributed by atoms with Crippen molar-refractivity contribution in [3.05, 3.63) is 71.3 Å². The van der Waals surface area contributed by atoms with Gasteiger partial charge in [0.05, 0.1) is 0 Å². The van der Waals surface area contributed by atoms with E-state index in [1.165, 1.54) is 6.92 Å². The maximum Gasteiger partial charge on any atom is 0.221 e. The lowest BCUT2D eigenvalue weighted by Gasteiger charge is -2.01. The molecule has 0 aromatic heterocycles. The third-order valence-electron chi connectivity index (χ3n) is 2.99. The van der Waals surface area contributed by atoms with E-state index in [-0.39, 0.29) is 11.7 Å². The van der Waals surface area contributed by atoms with Gasteiger partial charge in [0.25, 0.3) is 0 Å². The van der Waals surface area contributed by atoms with E-state index in [0.717, 1.165) is 16.8 Å². The molecule has 106 valence electrons. The minimum atomic E-state index is -0.104. The zero-order valence-corrected chi connectivity index (χ0v) is 12.1. The Morgan fingerprint density at radius 3 is 2.14 bits per heavy atom. The molecule has 0 heterocycles. The van der Waals surface area contributed by atoms with Crippen LogP contribution in [0.15, 0.2) is 54.6 Å². The minimum absolute atomic E-state index is 0.0269. The average Bonchev–Trinajstić information content (AvgIpc) is 2.46. The summed E-state index contributed by atoms with van der Waals surface area (Å²) in [4.78, 5) is 22.9. The number of nitrogens with one attached hydrogen (secondary N) is 1. The molecule has 0 fully saturated rings. The number of carbonyl (C=O) groups is 2. The SMILES string of the molecule is CC(=O)Nc1ccc(/C=C\C(=O)c2ccc(C)cc2)cc1. The molecule has 2 aromatic rings. The van der Waals surface area contributed by atoms with Crippen molar-refractivity contribution in [2.45, 2.75) is 13.8 Å². The number of ketones is 1. The van der Waals surface area contributed by atoms with Crippen molar-refractivity contribution in [1.29, 1.82) is 0 Å². The van der Waals surface area contributed by atoms with Crippen LogP contribution in [-0.4, -0.2) is 11.7 Å². The lowest BCUT2D eigenvalue weighted by Crippen LogP contribution is -2.05. The number of carbonyl (C=O) groups excluding carboxylic acids is 2. The summed E-state index contributed by atoms with van der Waals surface area (Å²) in [5, 5.41) is 2.70. The van der Waals surface area contributed by atoms with Crippen LogP contribution in [-0.2, 0) is 4.79 Å². The zero-order chi connectivity index (χ0) is 15.2. The Balaban J connectivity index is 2.05. The molecule has 0 aliphatic rings. The molecule has 1 N–H and O–H groups in total. The molecule has 0 atom stereocenters. The van der Waals surface area contributed by atoms with E-state index in [2.05, 4.69) is 5.32 Å². The van der Waals surface area contributed by atoms with Crippen molar-refractivity contribution in [2.24, 2.45) is 0 Å². The first-order chi connectivity index (χ1) is 10.0. The minimum Gasteiger partial charge on any atom is -0.326 e. The summed E-state index contributed by atoms with van der Waals surface area (Å²) in [7, 11) is 0. The van der Waals surface area contributed by atoms with Gasteiger partial charge in [-0.15, -0.1) is 0 Å². The molecule has 2 rings (SSSR count). The van der Waals surface area contributed by atoms with Gasteiger partial charge in [-0.2, -0.15) is 0 Å². The van der Waals surface area contributed by atoms with Crippen LogP contribution in [0.5, 0.6) is 0 Å². The maximum atomic E-state index is 12.0. The van der Waals surface area contributed by atoms with Crippen LogP contribution < -0.4 is 5.32 Å². The van der Waals surface area contributed by atoms with Gasteiger partial charge in [-0.05, 0) is 30.7 Å². The van der Waals surface area contributed by atoms with Crippen LogP contribution in [0.3, 0.4) is 0 Å². The summed E-state index contributed by atoms with van der Waals surface area (Å²) in [6, 6.07) is 14.8. The first-order valence-corrected chi connectivity index (χ1v) is 6.71. The number of aryl methyl sites for hydroxylation is 1. The third-order valence-corrected chi connectivity index (χ3v) is 2.99. The summed E-state index contributed by atoms with van der Waals surface area (Å²) in [6.07, 6.45) is 3.32. The molecule has 21 heavy (non-hydrogen) atoms. The van der Waals surface area contributed by atoms with Crippen LogP contribution in [0, 0.1) is 6.92 Å². The van der Waals surface area contributed by atoms with E-state index in [1.54, 1.807) is 24.3 Å². The number of benzene rings is 2. The smallest absolute Gasteiger partial charge is 0.221 e. The highest BCUT2D eigenvalue weighted by Gasteiger charge is 2.00. The second-order valence-corrected chi connectivity index (χ2v) is 4.87. The standard InChI is InChI=1S/C18H17NO2/c1-13-3-8-16(9-4-13)18(21)12-7-15-5-10-17(11-6-15)19-14(2)20/h3-12H,1-2H3,(H,19,20)/b12-7-. The van der Waals surface area contributed by atoms with Gasteiger partial charge in [0.2, 0.25) is 5.91 Å². The Morgan fingerprint density at radius 1 is 0.952 bits per heavy atom. The van der Waals surface area contributed by atoms with Crippen LogP contribution in [0.2, 0.25) is 0 Å². The van der Waals surface area contributed by atoms with Crippen LogP contribution >= 0.6 is 0 Å². The Kier molecular flexibility index (Phi) is 4.67. The number of hydrogen-bond donors (Lipinski definition) is 1. The Hall–Kier alpha value is -2.68. The maximum absolute atomic E-state index is 12.0. The largest absolute Gasteiger partial charge is 0.326 e. The number of hydrogen-bond acceptors (Lipinski definition) is 2. The first-order valence-electron chi connectivity index (χ1n) is 6.71. The summed E-state index contributed by atoms with van der Waals surface area (Å²) in [5.41, 5.74) is 3.45. The van der Waals surface area contributed by atoms with Crippen LogP contribution in [0.1, 0.15) is 28.4 Å². The lowest BCUT2D eigenvalue weighted by molar-refractivity contribution is -0.114. The fraction of sp³-hybridized carbons (Fsp3) is 0.111. The molecule has 0 aliphatic carbocycles. The lowest BCUT2D eigenvalue weighted by atomic mass is 10.1. The monoisotopic (exact) mass is 279 g/mol. The highest BCUT2D eigenvalue weighted by atomic mass is 16.1. The average molecular weight is 279 g/mol. The van der Waals surface area contributed by atoms with Crippen LogP contribution in [0.25, 0.3) is 6.08 Å². The first kappa shape index (κ1) is 14.7. The van der Waals surface area contributed by atoms with E-state index in [0.29, 0.717) is 5.56 Å². The van der Waals surface area contributed by atoms with E-state index in [4.69, 9.17) is 0 Å². The Morgan fingerprint density at radius 2 is 1.57 bits per heavy atom. The molecule has 0 saturated carbocycles. The van der Waals surface area contributed by atoms with Crippen molar-refractivity contribution in [2.75, 3.05) is 5.32 Å². The summed E-state index contributed by atoms with van der Waals surface area (Å²) < 4.78 is 0. The Bertz CT molecular complexity index is 667. The van der Waals surface area contributed by atoms with Gasteiger partial charge < -0.3 is 5.32 Å².